The molecule has 0 aromatic rings. The van der Waals surface area contributed by atoms with Crippen LogP contribution in [0.5, 0.6) is 0 Å². The van der Waals surface area contributed by atoms with E-state index in [1.54, 1.807) is 6.21 Å². The number of nitrogens with zero attached hydrogens (tertiary/aromatic N) is 2. The molecule has 0 saturated carbocycles. The summed E-state index contributed by atoms with van der Waals surface area (Å²) in [5, 5.41) is 0. The molecule has 0 rings (SSSR count). The van der Waals surface area contributed by atoms with Gasteiger partial charge in [-0.25, -0.2) is 0 Å². The van der Waals surface area contributed by atoms with E-state index in [9.17, 15) is 0 Å². The maximum absolute atomic E-state index is 4.23. The van der Waals surface area contributed by atoms with Gasteiger partial charge < -0.3 is 0 Å². The third-order valence-electron chi connectivity index (χ3n) is 1.66. The Morgan fingerprint density at radius 2 is 2.00 bits per heavy atom. The molecule has 0 aliphatic carbocycles. The Balaban J connectivity index is 3.95. The van der Waals surface area contributed by atoms with Crippen molar-refractivity contribution in [2.75, 3.05) is 0 Å². The average Bonchev–Trinajstić information content (AvgIpc) is 2.19. The summed E-state index contributed by atoms with van der Waals surface area (Å²) in [6.07, 6.45) is 11.8. The summed E-state index contributed by atoms with van der Waals surface area (Å²) in [5.41, 5.74) is 0.927. The summed E-state index contributed by atoms with van der Waals surface area (Å²) in [4.78, 5) is 8.37. The van der Waals surface area contributed by atoms with Gasteiger partial charge in [0.05, 0.1) is 5.71 Å². The molecule has 2 heteroatoms. The lowest BCUT2D eigenvalue weighted by Crippen LogP contribution is -1.89. The standard InChI is InChI=1S/C13H22N2/c1-5-6-7-9-15-13(4)11-14-10-8-12(2)3/h7-12H,5-6H2,1-4H3/b9-7+,10-8+,14-11?,15-13?. The molecule has 0 atom stereocenters. The van der Waals surface area contributed by atoms with E-state index in [4.69, 9.17) is 0 Å². The van der Waals surface area contributed by atoms with E-state index >= 15 is 0 Å². The third kappa shape index (κ3) is 10.7. The predicted octanol–water partition coefficient (Wildman–Crippen LogP) is 4.00. The summed E-state index contributed by atoms with van der Waals surface area (Å²) in [6.45, 7) is 8.35. The fourth-order valence-corrected chi connectivity index (χ4v) is 0.818. The molecule has 0 saturated heterocycles. The van der Waals surface area contributed by atoms with Crippen molar-refractivity contribution in [3.8, 4) is 0 Å². The van der Waals surface area contributed by atoms with Gasteiger partial charge in [0.1, 0.15) is 0 Å². The van der Waals surface area contributed by atoms with Gasteiger partial charge in [-0.1, -0.05) is 39.3 Å². The Kier molecular flexibility index (Phi) is 8.64. The molecule has 2 nitrogen and oxygen atoms in total. The first-order valence-electron chi connectivity index (χ1n) is 5.56. The van der Waals surface area contributed by atoms with Crippen LogP contribution in [0.4, 0.5) is 0 Å². The van der Waals surface area contributed by atoms with Crippen molar-refractivity contribution in [1.82, 2.24) is 0 Å². The van der Waals surface area contributed by atoms with Gasteiger partial charge in [0.15, 0.2) is 0 Å². The molecule has 0 radical (unpaired) electrons. The van der Waals surface area contributed by atoms with Crippen LogP contribution >= 0.6 is 0 Å². The zero-order valence-corrected chi connectivity index (χ0v) is 10.3. The van der Waals surface area contributed by atoms with Crippen molar-refractivity contribution < 1.29 is 0 Å². The average molecular weight is 206 g/mol. The Hall–Kier alpha value is -1.18. The van der Waals surface area contributed by atoms with Gasteiger partial charge in [-0.05, 0) is 19.3 Å². The normalized spacial score (nSPS) is 14.1. The van der Waals surface area contributed by atoms with Crippen molar-refractivity contribution in [1.29, 1.82) is 0 Å². The smallest absolute Gasteiger partial charge is 0.0554 e. The molecule has 15 heavy (non-hydrogen) atoms. The molecule has 0 N–H and O–H groups in total. The highest BCUT2D eigenvalue weighted by Crippen LogP contribution is 1.93. The quantitative estimate of drug-likeness (QED) is 0.587. The van der Waals surface area contributed by atoms with Crippen molar-refractivity contribution in [3.05, 3.63) is 24.6 Å². The zero-order valence-electron chi connectivity index (χ0n) is 10.3. The Morgan fingerprint density at radius 1 is 1.27 bits per heavy atom. The maximum atomic E-state index is 4.23. The summed E-state index contributed by atoms with van der Waals surface area (Å²) >= 11 is 0. The Morgan fingerprint density at radius 3 is 2.60 bits per heavy atom. The van der Waals surface area contributed by atoms with Crippen molar-refractivity contribution in [2.45, 2.75) is 40.5 Å². The van der Waals surface area contributed by atoms with Crippen LogP contribution < -0.4 is 0 Å². The van der Waals surface area contributed by atoms with Crippen LogP contribution in [0.15, 0.2) is 34.5 Å². The van der Waals surface area contributed by atoms with E-state index in [0.29, 0.717) is 5.92 Å². The van der Waals surface area contributed by atoms with E-state index in [-0.39, 0.29) is 0 Å². The number of hydrogen-bond acceptors (Lipinski definition) is 2. The third-order valence-corrected chi connectivity index (χ3v) is 1.66. The second-order valence-electron chi connectivity index (χ2n) is 3.81. The van der Waals surface area contributed by atoms with Gasteiger partial charge in [0, 0.05) is 18.6 Å². The minimum atomic E-state index is 0.545. The van der Waals surface area contributed by atoms with Gasteiger partial charge in [-0.2, -0.15) is 0 Å². The molecule has 84 valence electrons. The second-order valence-corrected chi connectivity index (χ2v) is 3.81. The van der Waals surface area contributed by atoms with E-state index in [0.717, 1.165) is 18.6 Å². The first kappa shape index (κ1) is 13.8. The molecule has 0 spiro atoms. The molecule has 0 aromatic carbocycles. The zero-order chi connectivity index (χ0) is 11.5. The number of hydrogen-bond donors (Lipinski definition) is 0. The highest BCUT2D eigenvalue weighted by atomic mass is 14.7. The van der Waals surface area contributed by atoms with Crippen LogP contribution in [0.2, 0.25) is 0 Å². The topological polar surface area (TPSA) is 24.7 Å². The second kappa shape index (κ2) is 9.38. The van der Waals surface area contributed by atoms with Crippen LogP contribution in [-0.4, -0.2) is 11.9 Å². The lowest BCUT2D eigenvalue weighted by atomic mass is 10.2. The lowest BCUT2D eigenvalue weighted by Gasteiger charge is -1.89. The highest BCUT2D eigenvalue weighted by Gasteiger charge is 1.82. The minimum absolute atomic E-state index is 0.545. The van der Waals surface area contributed by atoms with E-state index in [2.05, 4.69) is 42.9 Å². The van der Waals surface area contributed by atoms with E-state index in [1.165, 1.54) is 0 Å². The molecule has 0 amide bonds. The number of allylic oxidation sites excluding steroid dienone is 2. The fraction of sp³-hybridized carbons (Fsp3) is 0.538. The van der Waals surface area contributed by atoms with Crippen LogP contribution in [-0.2, 0) is 0 Å². The molecular formula is C13H22N2. The molecule has 0 aromatic heterocycles. The van der Waals surface area contributed by atoms with E-state index in [1.807, 2.05) is 19.3 Å². The van der Waals surface area contributed by atoms with Gasteiger partial charge in [-0.3, -0.25) is 9.98 Å². The first-order valence-corrected chi connectivity index (χ1v) is 5.56. The van der Waals surface area contributed by atoms with Crippen molar-refractivity contribution in [3.63, 3.8) is 0 Å². The Labute approximate surface area is 93.5 Å². The van der Waals surface area contributed by atoms with Gasteiger partial charge in [0.25, 0.3) is 0 Å². The number of rotatable bonds is 6. The Bertz CT molecular complexity index is 258. The molecule has 0 unspecified atom stereocenters. The molecular weight excluding hydrogens is 184 g/mol. The van der Waals surface area contributed by atoms with Crippen LogP contribution in [0.25, 0.3) is 0 Å². The monoisotopic (exact) mass is 206 g/mol. The molecule has 0 aliphatic heterocycles. The predicted molar refractivity (Wildman–Crippen MR) is 69.6 cm³/mol. The summed E-state index contributed by atoms with van der Waals surface area (Å²) in [6, 6.07) is 0. The van der Waals surface area contributed by atoms with Crippen LogP contribution in [0.1, 0.15) is 40.5 Å². The molecule has 0 fully saturated rings. The van der Waals surface area contributed by atoms with Crippen LogP contribution in [0.3, 0.4) is 0 Å². The van der Waals surface area contributed by atoms with Gasteiger partial charge in [-0.15, -0.1) is 0 Å². The summed E-state index contributed by atoms with van der Waals surface area (Å²) in [7, 11) is 0. The fourth-order valence-electron chi connectivity index (χ4n) is 0.818. The first-order chi connectivity index (χ1) is 7.16. The van der Waals surface area contributed by atoms with Crippen LogP contribution in [0, 0.1) is 5.92 Å². The number of unbranched alkanes of at least 4 members (excludes halogenated alkanes) is 1. The van der Waals surface area contributed by atoms with Gasteiger partial charge in [0.2, 0.25) is 0 Å². The number of aliphatic imine (C=N–C) groups is 2. The van der Waals surface area contributed by atoms with Gasteiger partial charge >= 0.3 is 0 Å². The molecule has 0 aliphatic rings. The summed E-state index contributed by atoms with van der Waals surface area (Å²) in [5.74, 6) is 0.545. The minimum Gasteiger partial charge on any atom is -0.263 e. The maximum Gasteiger partial charge on any atom is 0.0554 e. The SMILES string of the molecule is CCC/C=C/N=C(C)C=N/C=C/C(C)C. The largest absolute Gasteiger partial charge is 0.263 e. The highest BCUT2D eigenvalue weighted by molar-refractivity contribution is 6.29. The van der Waals surface area contributed by atoms with E-state index < -0.39 is 0 Å². The summed E-state index contributed by atoms with van der Waals surface area (Å²) < 4.78 is 0. The van der Waals surface area contributed by atoms with Crippen molar-refractivity contribution in [2.24, 2.45) is 15.9 Å². The molecule has 0 bridgehead atoms. The molecule has 0 heterocycles. The lowest BCUT2D eigenvalue weighted by molar-refractivity contribution is 0.829. The van der Waals surface area contributed by atoms with Crippen molar-refractivity contribution >= 4 is 11.9 Å².